The number of hydrogen-bond acceptors (Lipinski definition) is 4. The third-order valence-corrected chi connectivity index (χ3v) is 3.87. The van der Waals surface area contributed by atoms with Crippen LogP contribution in [0.5, 0.6) is 5.75 Å². The average molecular weight is 381 g/mol. The summed E-state index contributed by atoms with van der Waals surface area (Å²) in [5.74, 6) is 0.353. The molecule has 2 aromatic rings. The number of nitrogens with one attached hydrogen (secondary N) is 1. The summed E-state index contributed by atoms with van der Waals surface area (Å²) in [5.41, 5.74) is 2.66. The Morgan fingerprint density at radius 1 is 1.04 bits per heavy atom. The van der Waals surface area contributed by atoms with Crippen LogP contribution in [0.4, 0.5) is 0 Å². The molecule has 0 aliphatic heterocycles. The van der Waals surface area contributed by atoms with Crippen molar-refractivity contribution < 1.29 is 19.1 Å². The molecule has 0 unspecified atom stereocenters. The van der Waals surface area contributed by atoms with Crippen LogP contribution in [0, 0.1) is 0 Å². The molecule has 0 fully saturated rings. The number of carbonyl (C=O) groups excluding carboxylic acids is 2. The predicted octanol–water partition coefficient (Wildman–Crippen LogP) is 4.02. The van der Waals surface area contributed by atoms with E-state index in [1.807, 2.05) is 62.4 Å². The van der Waals surface area contributed by atoms with Crippen LogP contribution in [-0.4, -0.2) is 31.1 Å². The van der Waals surface area contributed by atoms with Gasteiger partial charge in [0.15, 0.2) is 0 Å². The molecule has 0 saturated heterocycles. The van der Waals surface area contributed by atoms with Crippen LogP contribution >= 0.6 is 0 Å². The average Bonchev–Trinajstić information content (AvgIpc) is 2.67. The molecule has 0 atom stereocenters. The molecule has 0 spiro atoms. The van der Waals surface area contributed by atoms with Crippen molar-refractivity contribution >= 4 is 18.0 Å². The molecule has 5 nitrogen and oxygen atoms in total. The number of carbonyl (C=O) groups is 2. The van der Waals surface area contributed by atoms with Crippen molar-refractivity contribution in [1.82, 2.24) is 5.32 Å². The molecule has 1 amide bonds. The monoisotopic (exact) mass is 381 g/mol. The van der Waals surface area contributed by atoms with Crippen LogP contribution in [0.3, 0.4) is 0 Å². The number of amides is 1. The van der Waals surface area contributed by atoms with Crippen LogP contribution in [0.1, 0.15) is 42.3 Å². The van der Waals surface area contributed by atoms with Crippen molar-refractivity contribution in [2.75, 3.05) is 13.2 Å². The second-order valence-electron chi connectivity index (χ2n) is 6.58. The molecule has 148 valence electrons. The molecule has 0 aliphatic carbocycles. The smallest absolute Gasteiger partial charge is 0.330 e. The molecule has 0 aliphatic rings. The SMILES string of the molecule is CCOC(=O)C=Cc1ccc(OCCc2ccc(C(=O)NC(C)C)cc2)cc1. The molecule has 1 N–H and O–H groups in total. The zero-order valence-electron chi connectivity index (χ0n) is 16.6. The zero-order valence-corrected chi connectivity index (χ0v) is 16.6. The van der Waals surface area contributed by atoms with E-state index in [0.717, 1.165) is 23.3 Å². The second-order valence-corrected chi connectivity index (χ2v) is 6.58. The summed E-state index contributed by atoms with van der Waals surface area (Å²) in [6, 6.07) is 15.2. The van der Waals surface area contributed by atoms with Gasteiger partial charge >= 0.3 is 5.97 Å². The van der Waals surface area contributed by atoms with Crippen LogP contribution in [0.25, 0.3) is 6.08 Å². The van der Waals surface area contributed by atoms with Gasteiger partial charge in [0.1, 0.15) is 5.75 Å². The molecule has 0 radical (unpaired) electrons. The van der Waals surface area contributed by atoms with E-state index in [0.29, 0.717) is 18.8 Å². The highest BCUT2D eigenvalue weighted by atomic mass is 16.5. The van der Waals surface area contributed by atoms with Crippen LogP contribution in [-0.2, 0) is 16.0 Å². The fraction of sp³-hybridized carbons (Fsp3) is 0.304. The van der Waals surface area contributed by atoms with E-state index in [1.165, 1.54) is 6.08 Å². The van der Waals surface area contributed by atoms with Crippen LogP contribution in [0.2, 0.25) is 0 Å². The van der Waals surface area contributed by atoms with Crippen LogP contribution in [0.15, 0.2) is 54.6 Å². The maximum atomic E-state index is 11.9. The fourth-order valence-corrected chi connectivity index (χ4v) is 2.48. The Bertz CT molecular complexity index is 792. The number of esters is 1. The highest BCUT2D eigenvalue weighted by Gasteiger charge is 2.06. The Morgan fingerprint density at radius 3 is 2.32 bits per heavy atom. The van der Waals surface area contributed by atoms with E-state index < -0.39 is 0 Å². The second kappa shape index (κ2) is 10.9. The van der Waals surface area contributed by atoms with Crippen molar-refractivity contribution in [3.05, 3.63) is 71.3 Å². The van der Waals surface area contributed by atoms with E-state index in [1.54, 1.807) is 13.0 Å². The van der Waals surface area contributed by atoms with Crippen molar-refractivity contribution in [2.24, 2.45) is 0 Å². The Balaban J connectivity index is 1.80. The topological polar surface area (TPSA) is 64.6 Å². The van der Waals surface area contributed by atoms with Gasteiger partial charge in [-0.25, -0.2) is 4.79 Å². The van der Waals surface area contributed by atoms with Gasteiger partial charge in [-0.2, -0.15) is 0 Å². The summed E-state index contributed by atoms with van der Waals surface area (Å²) in [7, 11) is 0. The third kappa shape index (κ3) is 7.27. The predicted molar refractivity (Wildman–Crippen MR) is 110 cm³/mol. The largest absolute Gasteiger partial charge is 0.493 e. The summed E-state index contributed by atoms with van der Waals surface area (Å²) >= 11 is 0. The van der Waals surface area contributed by atoms with E-state index in [4.69, 9.17) is 9.47 Å². The Morgan fingerprint density at radius 2 is 1.71 bits per heavy atom. The third-order valence-electron chi connectivity index (χ3n) is 3.87. The lowest BCUT2D eigenvalue weighted by Crippen LogP contribution is -2.29. The highest BCUT2D eigenvalue weighted by Crippen LogP contribution is 2.14. The molecule has 2 aromatic carbocycles. The maximum Gasteiger partial charge on any atom is 0.330 e. The lowest BCUT2D eigenvalue weighted by atomic mass is 10.1. The summed E-state index contributed by atoms with van der Waals surface area (Å²) in [5, 5.41) is 2.87. The van der Waals surface area contributed by atoms with E-state index in [-0.39, 0.29) is 17.9 Å². The van der Waals surface area contributed by atoms with Gasteiger partial charge in [-0.1, -0.05) is 24.3 Å². The standard InChI is InChI=1S/C23H27NO4/c1-4-27-22(25)14-9-18-7-12-21(13-8-18)28-16-15-19-5-10-20(11-6-19)23(26)24-17(2)3/h5-14,17H,4,15-16H2,1-3H3,(H,24,26). The minimum Gasteiger partial charge on any atom is -0.493 e. The Kier molecular flexibility index (Phi) is 8.28. The molecule has 0 bridgehead atoms. The molecule has 0 aromatic heterocycles. The van der Waals surface area contributed by atoms with Crippen LogP contribution < -0.4 is 10.1 Å². The molecular formula is C23H27NO4. The number of benzene rings is 2. The van der Waals surface area contributed by atoms with Gasteiger partial charge in [0, 0.05) is 24.1 Å². The summed E-state index contributed by atoms with van der Waals surface area (Å²) < 4.78 is 10.6. The van der Waals surface area contributed by atoms with Crippen molar-refractivity contribution in [3.63, 3.8) is 0 Å². The van der Waals surface area contributed by atoms with Gasteiger partial charge in [-0.3, -0.25) is 4.79 Å². The summed E-state index contributed by atoms with van der Waals surface area (Å²) in [6.07, 6.45) is 3.86. The normalized spacial score (nSPS) is 10.9. The molecule has 28 heavy (non-hydrogen) atoms. The van der Waals surface area contributed by atoms with Gasteiger partial charge < -0.3 is 14.8 Å². The fourth-order valence-electron chi connectivity index (χ4n) is 2.48. The summed E-state index contributed by atoms with van der Waals surface area (Å²) in [4.78, 5) is 23.3. The number of hydrogen-bond donors (Lipinski definition) is 1. The quantitative estimate of drug-likeness (QED) is 0.526. The minimum absolute atomic E-state index is 0.0603. The first-order chi connectivity index (χ1) is 13.5. The van der Waals surface area contributed by atoms with Gasteiger partial charge in [-0.05, 0) is 62.2 Å². The molecule has 0 heterocycles. The maximum absolute atomic E-state index is 11.9. The highest BCUT2D eigenvalue weighted by molar-refractivity contribution is 5.94. The first-order valence-electron chi connectivity index (χ1n) is 9.45. The van der Waals surface area contributed by atoms with Crippen molar-refractivity contribution in [2.45, 2.75) is 33.2 Å². The Hall–Kier alpha value is -3.08. The van der Waals surface area contributed by atoms with E-state index >= 15 is 0 Å². The summed E-state index contributed by atoms with van der Waals surface area (Å²) in [6.45, 7) is 6.55. The lowest BCUT2D eigenvalue weighted by molar-refractivity contribution is -0.137. The Labute approximate surface area is 166 Å². The molecule has 5 heteroatoms. The first kappa shape index (κ1) is 21.2. The lowest BCUT2D eigenvalue weighted by Gasteiger charge is -2.09. The van der Waals surface area contributed by atoms with Crippen molar-refractivity contribution in [3.8, 4) is 5.75 Å². The number of ether oxygens (including phenoxy) is 2. The van der Waals surface area contributed by atoms with Gasteiger partial charge in [0.25, 0.3) is 5.91 Å². The van der Waals surface area contributed by atoms with Gasteiger partial charge in [0.05, 0.1) is 13.2 Å². The minimum atomic E-state index is -0.351. The van der Waals surface area contributed by atoms with E-state index in [9.17, 15) is 9.59 Å². The molecular weight excluding hydrogens is 354 g/mol. The first-order valence-corrected chi connectivity index (χ1v) is 9.45. The van der Waals surface area contributed by atoms with Crippen molar-refractivity contribution in [1.29, 1.82) is 0 Å². The van der Waals surface area contributed by atoms with Gasteiger partial charge in [-0.15, -0.1) is 0 Å². The zero-order chi connectivity index (χ0) is 20.4. The van der Waals surface area contributed by atoms with E-state index in [2.05, 4.69) is 5.32 Å². The number of rotatable bonds is 9. The van der Waals surface area contributed by atoms with Gasteiger partial charge in [0.2, 0.25) is 0 Å². The molecule has 0 saturated carbocycles. The molecule has 2 rings (SSSR count).